The summed E-state index contributed by atoms with van der Waals surface area (Å²) in [6, 6.07) is 0. The van der Waals surface area contributed by atoms with Crippen molar-refractivity contribution in [2.75, 3.05) is 5.73 Å². The van der Waals surface area contributed by atoms with Crippen molar-refractivity contribution in [2.24, 2.45) is 7.05 Å². The number of hydrogen-bond donors (Lipinski definition) is 1. The van der Waals surface area contributed by atoms with Crippen LogP contribution >= 0.6 is 0 Å². The van der Waals surface area contributed by atoms with Crippen LogP contribution in [0.1, 0.15) is 22.6 Å². The van der Waals surface area contributed by atoms with Crippen molar-refractivity contribution < 1.29 is 4.42 Å². The number of nitrogen functional groups attached to an aromatic ring is 1. The second-order valence-electron chi connectivity index (χ2n) is 4.20. The van der Waals surface area contributed by atoms with Crippen LogP contribution in [0, 0.1) is 27.7 Å². The van der Waals surface area contributed by atoms with E-state index >= 15 is 0 Å². The van der Waals surface area contributed by atoms with Crippen molar-refractivity contribution in [2.45, 2.75) is 27.7 Å². The maximum Gasteiger partial charge on any atom is 0.124 e. The molecule has 4 heteroatoms. The summed E-state index contributed by atoms with van der Waals surface area (Å²) in [7, 11) is 1.85. The molecule has 2 heterocycles. The number of aromatic nitrogens is 2. The number of anilines is 1. The Morgan fingerprint density at radius 1 is 1.06 bits per heavy atom. The Hall–Kier alpha value is -1.71. The fourth-order valence-corrected chi connectivity index (χ4v) is 2.02. The van der Waals surface area contributed by atoms with E-state index in [1.54, 1.807) is 4.68 Å². The molecule has 0 amide bonds. The van der Waals surface area contributed by atoms with E-state index in [2.05, 4.69) is 5.10 Å². The standard InChI is InChI=1S/C12H17N3O/c1-6-8(3)16-9(4)10(6)11-7(2)12(13)15(5)14-11/h13H2,1-5H3. The quantitative estimate of drug-likeness (QED) is 0.801. The molecule has 2 aromatic rings. The van der Waals surface area contributed by atoms with E-state index in [4.69, 9.17) is 10.2 Å². The van der Waals surface area contributed by atoms with Crippen LogP contribution in [0.25, 0.3) is 11.3 Å². The van der Waals surface area contributed by atoms with Crippen LogP contribution in [0.5, 0.6) is 0 Å². The number of nitrogens with zero attached hydrogens (tertiary/aromatic N) is 2. The Morgan fingerprint density at radius 2 is 1.69 bits per heavy atom. The van der Waals surface area contributed by atoms with Gasteiger partial charge in [-0.3, -0.25) is 4.68 Å². The summed E-state index contributed by atoms with van der Waals surface area (Å²) >= 11 is 0. The summed E-state index contributed by atoms with van der Waals surface area (Å²) in [6.07, 6.45) is 0. The van der Waals surface area contributed by atoms with E-state index in [-0.39, 0.29) is 0 Å². The van der Waals surface area contributed by atoms with Gasteiger partial charge in [0.2, 0.25) is 0 Å². The molecule has 86 valence electrons. The minimum absolute atomic E-state index is 0.702. The van der Waals surface area contributed by atoms with E-state index in [9.17, 15) is 0 Å². The molecule has 2 aromatic heterocycles. The maximum absolute atomic E-state index is 5.92. The number of rotatable bonds is 1. The molecule has 0 saturated carbocycles. The van der Waals surface area contributed by atoms with Crippen LogP contribution in [0.4, 0.5) is 5.82 Å². The van der Waals surface area contributed by atoms with Crippen molar-refractivity contribution >= 4 is 5.82 Å². The first-order chi connectivity index (χ1) is 7.43. The predicted molar refractivity (Wildman–Crippen MR) is 64.3 cm³/mol. The van der Waals surface area contributed by atoms with Gasteiger partial charge >= 0.3 is 0 Å². The highest BCUT2D eigenvalue weighted by Gasteiger charge is 2.19. The summed E-state index contributed by atoms with van der Waals surface area (Å²) in [5, 5.41) is 4.45. The van der Waals surface area contributed by atoms with Gasteiger partial charge in [0, 0.05) is 18.2 Å². The van der Waals surface area contributed by atoms with Crippen molar-refractivity contribution in [1.82, 2.24) is 9.78 Å². The molecule has 0 radical (unpaired) electrons. The van der Waals surface area contributed by atoms with Gasteiger partial charge in [-0.05, 0) is 33.3 Å². The van der Waals surface area contributed by atoms with E-state index in [0.717, 1.165) is 33.9 Å². The minimum atomic E-state index is 0.702. The Morgan fingerprint density at radius 3 is 2.06 bits per heavy atom. The van der Waals surface area contributed by atoms with E-state index in [1.807, 2.05) is 34.7 Å². The fraction of sp³-hybridized carbons (Fsp3) is 0.417. The summed E-state index contributed by atoms with van der Waals surface area (Å²) in [4.78, 5) is 0. The van der Waals surface area contributed by atoms with E-state index < -0.39 is 0 Å². The van der Waals surface area contributed by atoms with Crippen molar-refractivity contribution in [3.05, 3.63) is 22.6 Å². The molecule has 16 heavy (non-hydrogen) atoms. The lowest BCUT2D eigenvalue weighted by atomic mass is 10.0. The molecule has 0 saturated heterocycles. The summed E-state index contributed by atoms with van der Waals surface area (Å²) in [5.74, 6) is 2.54. The van der Waals surface area contributed by atoms with Crippen molar-refractivity contribution in [3.8, 4) is 11.3 Å². The largest absolute Gasteiger partial charge is 0.466 e. The van der Waals surface area contributed by atoms with Gasteiger partial charge in [0.15, 0.2) is 0 Å². The Balaban J connectivity index is 2.72. The zero-order valence-corrected chi connectivity index (χ0v) is 10.4. The van der Waals surface area contributed by atoms with Crippen molar-refractivity contribution in [1.29, 1.82) is 0 Å². The molecule has 0 aromatic carbocycles. The van der Waals surface area contributed by atoms with Gasteiger partial charge < -0.3 is 10.2 Å². The summed E-state index contributed by atoms with van der Waals surface area (Å²) in [5.41, 5.74) is 10.1. The Labute approximate surface area is 95.1 Å². The topological polar surface area (TPSA) is 57.0 Å². The maximum atomic E-state index is 5.92. The molecule has 0 fully saturated rings. The molecule has 0 bridgehead atoms. The normalized spacial score (nSPS) is 11.1. The molecule has 4 nitrogen and oxygen atoms in total. The summed E-state index contributed by atoms with van der Waals surface area (Å²) < 4.78 is 7.31. The first-order valence-electron chi connectivity index (χ1n) is 5.29. The second-order valence-corrected chi connectivity index (χ2v) is 4.20. The van der Waals surface area contributed by atoms with Gasteiger partial charge in [-0.1, -0.05) is 0 Å². The predicted octanol–water partition coefficient (Wildman–Crippen LogP) is 2.50. The molecule has 0 aliphatic heterocycles. The van der Waals surface area contributed by atoms with Crippen LogP contribution in [0.15, 0.2) is 4.42 Å². The van der Waals surface area contributed by atoms with Gasteiger partial charge in [0.05, 0.1) is 0 Å². The average molecular weight is 219 g/mol. The Kier molecular flexibility index (Phi) is 2.30. The number of nitrogens with two attached hydrogens (primary N) is 1. The first-order valence-corrected chi connectivity index (χ1v) is 5.29. The molecule has 0 atom stereocenters. The van der Waals surface area contributed by atoms with Crippen LogP contribution in [0.2, 0.25) is 0 Å². The lowest BCUT2D eigenvalue weighted by Crippen LogP contribution is -1.97. The van der Waals surface area contributed by atoms with Crippen molar-refractivity contribution in [3.63, 3.8) is 0 Å². The highest BCUT2D eigenvalue weighted by molar-refractivity contribution is 5.72. The van der Waals surface area contributed by atoms with Gasteiger partial charge in [-0.25, -0.2) is 0 Å². The monoisotopic (exact) mass is 219 g/mol. The number of hydrogen-bond acceptors (Lipinski definition) is 3. The number of aryl methyl sites for hydroxylation is 3. The Bertz CT molecular complexity index is 549. The molecule has 2 rings (SSSR count). The molecular weight excluding hydrogens is 202 g/mol. The molecule has 0 unspecified atom stereocenters. The number of furan rings is 1. The third-order valence-electron chi connectivity index (χ3n) is 3.14. The highest BCUT2D eigenvalue weighted by Crippen LogP contribution is 2.34. The van der Waals surface area contributed by atoms with E-state index in [0.29, 0.717) is 5.82 Å². The first kappa shape index (κ1) is 10.8. The van der Waals surface area contributed by atoms with E-state index in [1.165, 1.54) is 0 Å². The van der Waals surface area contributed by atoms with Crippen LogP contribution < -0.4 is 5.73 Å². The lowest BCUT2D eigenvalue weighted by Gasteiger charge is -1.98. The van der Waals surface area contributed by atoms with Crippen LogP contribution in [-0.2, 0) is 7.05 Å². The van der Waals surface area contributed by atoms with Gasteiger partial charge in [0.25, 0.3) is 0 Å². The zero-order chi connectivity index (χ0) is 12.0. The summed E-state index contributed by atoms with van der Waals surface area (Å²) in [6.45, 7) is 7.96. The average Bonchev–Trinajstić information content (AvgIpc) is 2.60. The smallest absolute Gasteiger partial charge is 0.124 e. The molecule has 0 spiro atoms. The molecule has 2 N–H and O–H groups in total. The van der Waals surface area contributed by atoms with Crippen LogP contribution in [-0.4, -0.2) is 9.78 Å². The van der Waals surface area contributed by atoms with Gasteiger partial charge in [-0.15, -0.1) is 0 Å². The second kappa shape index (κ2) is 3.40. The molecule has 0 aliphatic carbocycles. The fourth-order valence-electron chi connectivity index (χ4n) is 2.02. The SMILES string of the molecule is Cc1oc(C)c(-c2nn(C)c(N)c2C)c1C. The highest BCUT2D eigenvalue weighted by atomic mass is 16.3. The molecule has 0 aliphatic rings. The lowest BCUT2D eigenvalue weighted by molar-refractivity contribution is 0.503. The van der Waals surface area contributed by atoms with Crippen LogP contribution in [0.3, 0.4) is 0 Å². The minimum Gasteiger partial charge on any atom is -0.466 e. The molecular formula is C12H17N3O. The zero-order valence-electron chi connectivity index (χ0n) is 10.4. The van der Waals surface area contributed by atoms with Gasteiger partial charge in [0.1, 0.15) is 23.0 Å². The third-order valence-corrected chi connectivity index (χ3v) is 3.14. The van der Waals surface area contributed by atoms with Gasteiger partial charge in [-0.2, -0.15) is 5.10 Å². The third kappa shape index (κ3) is 1.33.